The van der Waals surface area contributed by atoms with E-state index >= 15 is 0 Å². The Hall–Kier alpha value is -0.840. The van der Waals surface area contributed by atoms with Crippen LogP contribution in [0.1, 0.15) is 37.9 Å². The Morgan fingerprint density at radius 2 is 1.85 bits per heavy atom. The minimum Gasteiger partial charge on any atom is -0.463 e. The number of hydrogen-bond acceptors (Lipinski definition) is 4. The second-order valence-corrected chi connectivity index (χ2v) is 7.00. The molecule has 1 N–H and O–H groups in total. The second-order valence-electron chi connectivity index (χ2n) is 7.00. The van der Waals surface area contributed by atoms with Gasteiger partial charge in [0.15, 0.2) is 0 Å². The average Bonchev–Trinajstić information content (AvgIpc) is 2.69. The van der Waals surface area contributed by atoms with Gasteiger partial charge in [-0.15, -0.1) is 0 Å². The molecule has 2 heterocycles. The van der Waals surface area contributed by atoms with Crippen molar-refractivity contribution in [3.63, 3.8) is 0 Å². The van der Waals surface area contributed by atoms with Gasteiger partial charge in [-0.3, -0.25) is 4.90 Å². The molecule has 0 amide bonds. The highest BCUT2D eigenvalue weighted by atomic mass is 16.3. The van der Waals surface area contributed by atoms with Gasteiger partial charge in [-0.05, 0) is 46.4 Å². The van der Waals surface area contributed by atoms with Crippen LogP contribution in [-0.4, -0.2) is 48.6 Å². The lowest BCUT2D eigenvalue weighted by atomic mass is 10.1. The van der Waals surface area contributed by atoms with Crippen LogP contribution in [0, 0.1) is 6.92 Å². The number of nitrogens with zero attached hydrogens (tertiary/aromatic N) is 2. The smallest absolute Gasteiger partial charge is 0.120 e. The van der Waals surface area contributed by atoms with Crippen LogP contribution in [0.15, 0.2) is 10.5 Å². The first-order valence-corrected chi connectivity index (χ1v) is 7.57. The largest absolute Gasteiger partial charge is 0.463 e. The molecule has 0 unspecified atom stereocenters. The van der Waals surface area contributed by atoms with Crippen molar-refractivity contribution in [2.24, 2.45) is 0 Å². The molecule has 1 aromatic heterocycles. The topological polar surface area (TPSA) is 31.6 Å². The molecule has 2 rings (SSSR count). The molecule has 0 radical (unpaired) electrons. The van der Waals surface area contributed by atoms with Crippen LogP contribution in [0.25, 0.3) is 0 Å². The van der Waals surface area contributed by atoms with E-state index in [-0.39, 0.29) is 5.54 Å². The second kappa shape index (κ2) is 6.29. The van der Waals surface area contributed by atoms with E-state index < -0.39 is 0 Å². The summed E-state index contributed by atoms with van der Waals surface area (Å²) in [5.41, 5.74) is 1.38. The molecule has 1 aliphatic rings. The molecule has 1 saturated heterocycles. The third-order valence-corrected chi connectivity index (χ3v) is 3.83. The maximum absolute atomic E-state index is 6.02. The Kier molecular flexibility index (Phi) is 4.89. The third kappa shape index (κ3) is 4.62. The van der Waals surface area contributed by atoms with Crippen molar-refractivity contribution in [2.45, 2.75) is 46.3 Å². The fourth-order valence-corrected chi connectivity index (χ4v) is 2.42. The molecule has 0 aliphatic carbocycles. The molecule has 0 spiro atoms. The van der Waals surface area contributed by atoms with E-state index in [1.165, 1.54) is 5.56 Å². The number of aryl methyl sites for hydroxylation is 1. The molecule has 1 fully saturated rings. The third-order valence-electron chi connectivity index (χ3n) is 3.83. The maximum atomic E-state index is 6.02. The molecule has 4 nitrogen and oxygen atoms in total. The standard InChI is InChI=1S/C16H29N3O/c1-13-10-14(12-19-8-6-18(5)7-9-19)20-15(13)11-17-16(2,3)4/h10,17H,6-9,11-12H2,1-5H3. The summed E-state index contributed by atoms with van der Waals surface area (Å²) >= 11 is 0. The van der Waals surface area contributed by atoms with Gasteiger partial charge in [0.25, 0.3) is 0 Å². The fraction of sp³-hybridized carbons (Fsp3) is 0.750. The molecular weight excluding hydrogens is 250 g/mol. The zero-order valence-corrected chi connectivity index (χ0v) is 13.6. The Labute approximate surface area is 123 Å². The highest BCUT2D eigenvalue weighted by molar-refractivity contribution is 5.20. The summed E-state index contributed by atoms with van der Waals surface area (Å²) in [7, 11) is 2.19. The molecule has 0 saturated carbocycles. The first-order valence-electron chi connectivity index (χ1n) is 7.57. The van der Waals surface area contributed by atoms with Gasteiger partial charge in [0.1, 0.15) is 11.5 Å². The van der Waals surface area contributed by atoms with Crippen LogP contribution in [-0.2, 0) is 13.1 Å². The van der Waals surface area contributed by atoms with Crippen LogP contribution >= 0.6 is 0 Å². The minimum absolute atomic E-state index is 0.122. The molecule has 1 aliphatic heterocycles. The van der Waals surface area contributed by atoms with Gasteiger partial charge in [0, 0.05) is 31.7 Å². The van der Waals surface area contributed by atoms with Gasteiger partial charge in [-0.25, -0.2) is 0 Å². The molecule has 0 bridgehead atoms. The predicted molar refractivity (Wildman–Crippen MR) is 82.8 cm³/mol. The van der Waals surface area contributed by atoms with E-state index in [4.69, 9.17) is 4.42 Å². The lowest BCUT2D eigenvalue weighted by molar-refractivity contribution is 0.139. The predicted octanol–water partition coefficient (Wildman–Crippen LogP) is 2.22. The molecule has 4 heteroatoms. The number of likely N-dealkylation sites (N-methyl/N-ethyl adjacent to an activating group) is 1. The summed E-state index contributed by atoms with van der Waals surface area (Å²) in [5.74, 6) is 2.17. The summed E-state index contributed by atoms with van der Waals surface area (Å²) < 4.78 is 6.02. The van der Waals surface area contributed by atoms with Gasteiger partial charge < -0.3 is 14.6 Å². The fourth-order valence-electron chi connectivity index (χ4n) is 2.42. The summed E-state index contributed by atoms with van der Waals surface area (Å²) in [5, 5.41) is 3.49. The summed E-state index contributed by atoms with van der Waals surface area (Å²) in [6.45, 7) is 15.0. The molecule has 0 atom stereocenters. The van der Waals surface area contributed by atoms with Crippen molar-refractivity contribution in [2.75, 3.05) is 33.2 Å². The minimum atomic E-state index is 0.122. The Balaban J connectivity index is 1.90. The van der Waals surface area contributed by atoms with Crippen molar-refractivity contribution in [3.05, 3.63) is 23.2 Å². The molecule has 0 aromatic carbocycles. The van der Waals surface area contributed by atoms with Gasteiger partial charge in [0.2, 0.25) is 0 Å². The quantitative estimate of drug-likeness (QED) is 0.916. The highest BCUT2D eigenvalue weighted by Gasteiger charge is 2.17. The zero-order valence-electron chi connectivity index (χ0n) is 13.6. The summed E-state index contributed by atoms with van der Waals surface area (Å²) in [6.07, 6.45) is 0. The lowest BCUT2D eigenvalue weighted by Crippen LogP contribution is -2.43. The van der Waals surface area contributed by atoms with E-state index in [0.29, 0.717) is 0 Å². The Bertz CT molecular complexity index is 425. The molecule has 114 valence electrons. The van der Waals surface area contributed by atoms with E-state index in [0.717, 1.165) is 50.8 Å². The van der Waals surface area contributed by atoms with Crippen molar-refractivity contribution < 1.29 is 4.42 Å². The summed E-state index contributed by atoms with van der Waals surface area (Å²) in [6, 6.07) is 2.19. The number of hydrogen-bond donors (Lipinski definition) is 1. The average molecular weight is 279 g/mol. The van der Waals surface area contributed by atoms with Crippen LogP contribution in [0.3, 0.4) is 0 Å². The van der Waals surface area contributed by atoms with Crippen LogP contribution in [0.4, 0.5) is 0 Å². The number of rotatable bonds is 4. The first kappa shape index (κ1) is 15.5. The number of furan rings is 1. The van der Waals surface area contributed by atoms with E-state index in [1.807, 2.05) is 0 Å². The van der Waals surface area contributed by atoms with Crippen molar-refractivity contribution in [3.8, 4) is 0 Å². The van der Waals surface area contributed by atoms with Gasteiger partial charge >= 0.3 is 0 Å². The maximum Gasteiger partial charge on any atom is 0.120 e. The monoisotopic (exact) mass is 279 g/mol. The Morgan fingerprint density at radius 3 is 2.45 bits per heavy atom. The van der Waals surface area contributed by atoms with Crippen molar-refractivity contribution >= 4 is 0 Å². The van der Waals surface area contributed by atoms with Gasteiger partial charge in [0.05, 0.1) is 13.1 Å². The van der Waals surface area contributed by atoms with Crippen molar-refractivity contribution in [1.82, 2.24) is 15.1 Å². The normalized spacial score (nSPS) is 18.6. The molecule has 20 heavy (non-hydrogen) atoms. The highest BCUT2D eigenvalue weighted by Crippen LogP contribution is 2.18. The Morgan fingerprint density at radius 1 is 1.20 bits per heavy atom. The van der Waals surface area contributed by atoms with Gasteiger partial charge in [-0.2, -0.15) is 0 Å². The first-order chi connectivity index (χ1) is 9.33. The van der Waals surface area contributed by atoms with Crippen LogP contribution < -0.4 is 5.32 Å². The SMILES string of the molecule is Cc1cc(CN2CCN(C)CC2)oc1CNC(C)(C)C. The summed E-state index contributed by atoms with van der Waals surface area (Å²) in [4.78, 5) is 4.85. The van der Waals surface area contributed by atoms with E-state index in [2.05, 4.69) is 55.9 Å². The van der Waals surface area contributed by atoms with E-state index in [1.54, 1.807) is 0 Å². The molecular formula is C16H29N3O. The number of piperazine rings is 1. The van der Waals surface area contributed by atoms with Crippen LogP contribution in [0.2, 0.25) is 0 Å². The number of nitrogens with one attached hydrogen (secondary N) is 1. The lowest BCUT2D eigenvalue weighted by Gasteiger charge is -2.31. The van der Waals surface area contributed by atoms with Crippen molar-refractivity contribution in [1.29, 1.82) is 0 Å². The molecule has 1 aromatic rings. The van der Waals surface area contributed by atoms with Gasteiger partial charge in [-0.1, -0.05) is 0 Å². The van der Waals surface area contributed by atoms with E-state index in [9.17, 15) is 0 Å². The zero-order chi connectivity index (χ0) is 14.8. The van der Waals surface area contributed by atoms with Crippen LogP contribution in [0.5, 0.6) is 0 Å².